The second-order valence-corrected chi connectivity index (χ2v) is 3.60. The number of nitrogens with zero attached hydrogens (tertiary/aromatic N) is 3. The highest BCUT2D eigenvalue weighted by Crippen LogP contribution is 2.34. The van der Waals surface area contributed by atoms with Gasteiger partial charge in [-0.1, -0.05) is 17.3 Å². The van der Waals surface area contributed by atoms with Crippen LogP contribution in [-0.2, 0) is 0 Å². The van der Waals surface area contributed by atoms with Gasteiger partial charge in [-0.05, 0) is 29.6 Å². The molecule has 18 heavy (non-hydrogen) atoms. The van der Waals surface area contributed by atoms with Crippen molar-refractivity contribution in [2.45, 2.75) is 6.42 Å². The van der Waals surface area contributed by atoms with E-state index < -0.39 is 0 Å². The number of fused-ring (bicyclic) bond motifs is 1. The zero-order valence-electron chi connectivity index (χ0n) is 9.57. The van der Waals surface area contributed by atoms with E-state index in [4.69, 9.17) is 15.0 Å². The highest BCUT2D eigenvalue weighted by molar-refractivity contribution is 5.83. The molecule has 1 aliphatic heterocycles. The Hall–Kier alpha value is -2.46. The Bertz CT molecular complexity index is 534. The molecule has 6 heteroatoms. The van der Waals surface area contributed by atoms with E-state index in [1.54, 1.807) is 18.2 Å². The Balaban J connectivity index is 2.16. The van der Waals surface area contributed by atoms with E-state index in [1.165, 1.54) is 0 Å². The van der Waals surface area contributed by atoms with Gasteiger partial charge in [0.2, 0.25) is 6.79 Å². The molecule has 0 radical (unpaired) electrons. The van der Waals surface area contributed by atoms with Crippen LogP contribution in [0.3, 0.4) is 0 Å². The van der Waals surface area contributed by atoms with Crippen LogP contribution in [0.4, 0.5) is 0 Å². The molecular weight excluding hydrogens is 234 g/mol. The van der Waals surface area contributed by atoms with Crippen LogP contribution in [0.25, 0.3) is 16.5 Å². The highest BCUT2D eigenvalue weighted by atomic mass is 16.7. The van der Waals surface area contributed by atoms with Crippen LogP contribution >= 0.6 is 0 Å². The van der Waals surface area contributed by atoms with Crippen molar-refractivity contribution in [1.82, 2.24) is 0 Å². The van der Waals surface area contributed by atoms with E-state index in [0.29, 0.717) is 30.0 Å². The van der Waals surface area contributed by atoms with E-state index in [9.17, 15) is 4.79 Å². The molecule has 0 spiro atoms. The van der Waals surface area contributed by atoms with Gasteiger partial charge in [0.25, 0.3) is 0 Å². The number of hydrogen-bond donors (Lipinski definition) is 0. The molecule has 0 atom stereocenters. The summed E-state index contributed by atoms with van der Waals surface area (Å²) in [7, 11) is 0. The first kappa shape index (κ1) is 12.0. The molecule has 1 aromatic rings. The molecule has 0 unspecified atom stereocenters. The molecule has 2 rings (SSSR count). The molecular formula is C12H11N3O3. The quantitative estimate of drug-likeness (QED) is 0.263. The van der Waals surface area contributed by atoms with Crippen molar-refractivity contribution in [3.63, 3.8) is 0 Å². The topological polar surface area (TPSA) is 84.3 Å². The minimum atomic E-state index is 0.178. The zero-order valence-corrected chi connectivity index (χ0v) is 9.57. The molecule has 92 valence electrons. The SMILES string of the molecule is [N-]=[N+]=NCCC=Cc1cc2c(cc1C=O)OCO2. The van der Waals surface area contributed by atoms with Crippen molar-refractivity contribution in [3.8, 4) is 11.5 Å². The maximum Gasteiger partial charge on any atom is 0.231 e. The summed E-state index contributed by atoms with van der Waals surface area (Å²) in [5.74, 6) is 1.22. The number of aldehydes is 1. The maximum atomic E-state index is 11.0. The van der Waals surface area contributed by atoms with Crippen molar-refractivity contribution in [3.05, 3.63) is 39.8 Å². The monoisotopic (exact) mass is 245 g/mol. The van der Waals surface area contributed by atoms with Crippen LogP contribution in [0.15, 0.2) is 23.3 Å². The molecule has 1 aromatic carbocycles. The summed E-state index contributed by atoms with van der Waals surface area (Å²) in [6, 6.07) is 3.42. The Kier molecular flexibility index (Phi) is 3.83. The van der Waals surface area contributed by atoms with Crippen molar-refractivity contribution in [2.75, 3.05) is 13.3 Å². The van der Waals surface area contributed by atoms with Gasteiger partial charge in [-0.2, -0.15) is 0 Å². The number of benzene rings is 1. The summed E-state index contributed by atoms with van der Waals surface area (Å²) < 4.78 is 10.4. The summed E-state index contributed by atoms with van der Waals surface area (Å²) in [6.07, 6.45) is 5.05. The molecule has 0 bridgehead atoms. The van der Waals surface area contributed by atoms with Crippen LogP contribution in [-0.4, -0.2) is 19.6 Å². The molecule has 0 saturated heterocycles. The number of carbonyl (C=O) groups excluding carboxylic acids is 1. The Morgan fingerprint density at radius 3 is 2.72 bits per heavy atom. The Morgan fingerprint density at radius 1 is 1.33 bits per heavy atom. The largest absolute Gasteiger partial charge is 0.454 e. The summed E-state index contributed by atoms with van der Waals surface area (Å²) >= 11 is 0. The molecule has 0 fully saturated rings. The van der Waals surface area contributed by atoms with E-state index in [-0.39, 0.29) is 6.79 Å². The summed E-state index contributed by atoms with van der Waals surface area (Å²) in [4.78, 5) is 13.6. The average Bonchev–Trinajstić information content (AvgIpc) is 2.84. The molecule has 1 heterocycles. The Labute approximate surface area is 103 Å². The second-order valence-electron chi connectivity index (χ2n) is 3.60. The zero-order chi connectivity index (χ0) is 12.8. The van der Waals surface area contributed by atoms with E-state index >= 15 is 0 Å². The molecule has 1 aliphatic rings. The lowest BCUT2D eigenvalue weighted by Gasteiger charge is -2.02. The van der Waals surface area contributed by atoms with Crippen LogP contribution in [0.1, 0.15) is 22.3 Å². The minimum Gasteiger partial charge on any atom is -0.454 e. The van der Waals surface area contributed by atoms with E-state index in [2.05, 4.69) is 10.0 Å². The number of rotatable bonds is 5. The van der Waals surface area contributed by atoms with Crippen molar-refractivity contribution in [2.24, 2.45) is 5.11 Å². The lowest BCUT2D eigenvalue weighted by Crippen LogP contribution is -1.92. The Morgan fingerprint density at radius 2 is 2.06 bits per heavy atom. The van der Waals surface area contributed by atoms with Gasteiger partial charge >= 0.3 is 0 Å². The van der Waals surface area contributed by atoms with Crippen LogP contribution in [0, 0.1) is 0 Å². The number of hydrogen-bond acceptors (Lipinski definition) is 4. The molecule has 0 N–H and O–H groups in total. The summed E-state index contributed by atoms with van der Waals surface area (Å²) in [5.41, 5.74) is 9.43. The van der Waals surface area contributed by atoms with Crippen LogP contribution in [0.5, 0.6) is 11.5 Å². The van der Waals surface area contributed by atoms with Gasteiger partial charge in [0, 0.05) is 17.0 Å². The molecule has 6 nitrogen and oxygen atoms in total. The third-order valence-corrected chi connectivity index (χ3v) is 2.46. The fraction of sp³-hybridized carbons (Fsp3) is 0.250. The van der Waals surface area contributed by atoms with Crippen molar-refractivity contribution >= 4 is 12.4 Å². The van der Waals surface area contributed by atoms with Crippen LogP contribution < -0.4 is 9.47 Å². The second kappa shape index (κ2) is 5.75. The molecule has 0 aromatic heterocycles. The van der Waals surface area contributed by atoms with Crippen molar-refractivity contribution in [1.29, 1.82) is 0 Å². The highest BCUT2D eigenvalue weighted by Gasteiger charge is 2.15. The van der Waals surface area contributed by atoms with Gasteiger partial charge in [0.05, 0.1) is 0 Å². The van der Waals surface area contributed by atoms with E-state index in [1.807, 2.05) is 6.08 Å². The summed E-state index contributed by atoms with van der Waals surface area (Å²) in [5, 5.41) is 3.42. The lowest BCUT2D eigenvalue weighted by molar-refractivity contribution is 0.112. The standard InChI is InChI=1S/C12H11N3O3/c13-15-14-4-2-1-3-9-5-11-12(18-8-17-11)6-10(9)7-16/h1,3,5-7H,2,4,8H2. The molecule has 0 amide bonds. The number of ether oxygens (including phenoxy) is 2. The fourth-order valence-corrected chi connectivity index (χ4v) is 1.61. The summed E-state index contributed by atoms with van der Waals surface area (Å²) in [6.45, 7) is 0.575. The van der Waals surface area contributed by atoms with Gasteiger partial charge in [0.1, 0.15) is 0 Å². The van der Waals surface area contributed by atoms with E-state index in [0.717, 1.165) is 11.8 Å². The first-order valence-electron chi connectivity index (χ1n) is 5.41. The lowest BCUT2D eigenvalue weighted by atomic mass is 10.1. The van der Waals surface area contributed by atoms with Gasteiger partial charge in [-0.3, -0.25) is 4.79 Å². The van der Waals surface area contributed by atoms with Gasteiger partial charge < -0.3 is 9.47 Å². The fourth-order valence-electron chi connectivity index (χ4n) is 1.61. The van der Waals surface area contributed by atoms with Gasteiger partial charge in [-0.25, -0.2) is 0 Å². The normalized spacial score (nSPS) is 12.4. The number of carbonyl (C=O) groups is 1. The molecule has 0 saturated carbocycles. The third kappa shape index (κ3) is 2.61. The predicted molar refractivity (Wildman–Crippen MR) is 65.6 cm³/mol. The number of azide groups is 1. The third-order valence-electron chi connectivity index (χ3n) is 2.46. The first-order chi connectivity index (χ1) is 8.85. The predicted octanol–water partition coefficient (Wildman–Crippen LogP) is 2.94. The van der Waals surface area contributed by atoms with Gasteiger partial charge in [-0.15, -0.1) is 0 Å². The maximum absolute atomic E-state index is 11.0. The average molecular weight is 245 g/mol. The van der Waals surface area contributed by atoms with Crippen LogP contribution in [0.2, 0.25) is 0 Å². The van der Waals surface area contributed by atoms with Crippen molar-refractivity contribution < 1.29 is 14.3 Å². The molecule has 0 aliphatic carbocycles. The van der Waals surface area contributed by atoms with Gasteiger partial charge in [0.15, 0.2) is 17.8 Å². The smallest absolute Gasteiger partial charge is 0.231 e. The first-order valence-corrected chi connectivity index (χ1v) is 5.41. The minimum absolute atomic E-state index is 0.178.